The summed E-state index contributed by atoms with van der Waals surface area (Å²) < 4.78 is 26.8. The number of fused-ring (bicyclic) bond motifs is 1. The number of benzene rings is 3. The van der Waals surface area contributed by atoms with Crippen molar-refractivity contribution in [3.05, 3.63) is 88.4 Å². The van der Waals surface area contributed by atoms with E-state index in [-0.39, 0.29) is 10.8 Å². The predicted molar refractivity (Wildman–Crippen MR) is 134 cm³/mol. The number of thiazole rings is 1. The lowest BCUT2D eigenvalue weighted by atomic mass is 10.1. The first kappa shape index (κ1) is 23.4. The van der Waals surface area contributed by atoms with Crippen molar-refractivity contribution in [2.45, 2.75) is 18.4 Å². The normalized spacial score (nSPS) is 11.8. The van der Waals surface area contributed by atoms with Crippen LogP contribution in [-0.2, 0) is 16.6 Å². The lowest BCUT2D eigenvalue weighted by Crippen LogP contribution is -2.30. The number of sulfonamides is 1. The molecule has 33 heavy (non-hydrogen) atoms. The average molecular weight is 500 g/mol. The second kappa shape index (κ2) is 9.23. The molecule has 0 aliphatic carbocycles. The van der Waals surface area contributed by atoms with Gasteiger partial charge in [-0.15, -0.1) is 0 Å². The molecule has 3 aromatic carbocycles. The molecule has 1 aromatic heterocycles. The molecule has 0 aliphatic heterocycles. The van der Waals surface area contributed by atoms with Crippen molar-refractivity contribution >= 4 is 54.2 Å². The Bertz CT molecular complexity index is 1420. The first-order valence-electron chi connectivity index (χ1n) is 10.1. The SMILES string of the molecule is Cc1cc(Cl)cc2sc(N(Cc3ccccc3)C(=O)c3ccc(S(=O)(=O)N(C)C)cc3)nc12. The highest BCUT2D eigenvalue weighted by molar-refractivity contribution is 7.89. The van der Waals surface area contributed by atoms with E-state index < -0.39 is 10.0 Å². The standard InChI is InChI=1S/C24H22ClN3O3S2/c1-16-13-19(25)14-21-22(16)26-24(32-21)28(15-17-7-5-4-6-8-17)23(29)18-9-11-20(12-10-18)33(30,31)27(2)3/h4-14H,15H2,1-3H3. The Balaban J connectivity index is 1.75. The van der Waals surface area contributed by atoms with Crippen molar-refractivity contribution in [2.24, 2.45) is 0 Å². The highest BCUT2D eigenvalue weighted by Gasteiger charge is 2.24. The Kier molecular flexibility index (Phi) is 6.54. The summed E-state index contributed by atoms with van der Waals surface area (Å²) >= 11 is 7.61. The highest BCUT2D eigenvalue weighted by atomic mass is 35.5. The van der Waals surface area contributed by atoms with Gasteiger partial charge < -0.3 is 0 Å². The zero-order chi connectivity index (χ0) is 23.8. The molecule has 170 valence electrons. The van der Waals surface area contributed by atoms with Crippen LogP contribution in [0.3, 0.4) is 0 Å². The van der Waals surface area contributed by atoms with Crippen LogP contribution in [-0.4, -0.2) is 37.7 Å². The molecule has 0 unspecified atom stereocenters. The van der Waals surface area contributed by atoms with Crippen molar-refractivity contribution in [2.75, 3.05) is 19.0 Å². The number of carbonyl (C=O) groups is 1. The zero-order valence-electron chi connectivity index (χ0n) is 18.3. The van der Waals surface area contributed by atoms with Gasteiger partial charge in [0, 0.05) is 24.7 Å². The van der Waals surface area contributed by atoms with E-state index >= 15 is 0 Å². The van der Waals surface area contributed by atoms with Gasteiger partial charge in [-0.05, 0) is 54.4 Å². The van der Waals surface area contributed by atoms with Gasteiger partial charge in [0.2, 0.25) is 10.0 Å². The van der Waals surface area contributed by atoms with E-state index in [9.17, 15) is 13.2 Å². The molecule has 0 N–H and O–H groups in total. The van der Waals surface area contributed by atoms with Gasteiger partial charge in [0.25, 0.3) is 5.91 Å². The van der Waals surface area contributed by atoms with Crippen LogP contribution in [0.5, 0.6) is 0 Å². The maximum atomic E-state index is 13.6. The summed E-state index contributed by atoms with van der Waals surface area (Å²) in [6, 6.07) is 19.3. The number of hydrogen-bond acceptors (Lipinski definition) is 5. The number of anilines is 1. The summed E-state index contributed by atoms with van der Waals surface area (Å²) in [5.41, 5.74) is 3.06. The average Bonchev–Trinajstić information content (AvgIpc) is 3.22. The molecule has 1 amide bonds. The van der Waals surface area contributed by atoms with Crippen molar-refractivity contribution in [3.63, 3.8) is 0 Å². The molecular weight excluding hydrogens is 478 g/mol. The van der Waals surface area contributed by atoms with Gasteiger partial charge in [-0.25, -0.2) is 17.7 Å². The maximum Gasteiger partial charge on any atom is 0.260 e. The summed E-state index contributed by atoms with van der Waals surface area (Å²) in [6.07, 6.45) is 0. The van der Waals surface area contributed by atoms with Gasteiger partial charge in [0.15, 0.2) is 5.13 Å². The Morgan fingerprint density at radius 2 is 1.70 bits per heavy atom. The second-order valence-electron chi connectivity index (χ2n) is 7.75. The van der Waals surface area contributed by atoms with Crippen molar-refractivity contribution in [1.82, 2.24) is 9.29 Å². The molecule has 4 aromatic rings. The van der Waals surface area contributed by atoms with Crippen LogP contribution in [0.25, 0.3) is 10.2 Å². The first-order chi connectivity index (χ1) is 15.7. The Labute approximate surface area is 202 Å². The fourth-order valence-corrected chi connectivity index (χ4v) is 5.71. The third-order valence-electron chi connectivity index (χ3n) is 5.18. The smallest absolute Gasteiger partial charge is 0.260 e. The lowest BCUT2D eigenvalue weighted by molar-refractivity contribution is 0.0985. The summed E-state index contributed by atoms with van der Waals surface area (Å²) in [6.45, 7) is 2.26. The van der Waals surface area contributed by atoms with Crippen LogP contribution < -0.4 is 4.90 Å². The van der Waals surface area contributed by atoms with E-state index in [4.69, 9.17) is 16.6 Å². The van der Waals surface area contributed by atoms with Crippen molar-refractivity contribution < 1.29 is 13.2 Å². The minimum atomic E-state index is -3.58. The van der Waals surface area contributed by atoms with Crippen molar-refractivity contribution in [3.8, 4) is 0 Å². The molecule has 0 aliphatic rings. The molecule has 0 saturated heterocycles. The van der Waals surface area contributed by atoms with E-state index in [0.29, 0.717) is 22.3 Å². The molecule has 0 bridgehead atoms. The fraction of sp³-hybridized carbons (Fsp3) is 0.167. The van der Waals surface area contributed by atoms with Crippen LogP contribution >= 0.6 is 22.9 Å². The molecule has 6 nitrogen and oxygen atoms in total. The van der Waals surface area contributed by atoms with E-state index in [1.54, 1.807) is 4.90 Å². The van der Waals surface area contributed by atoms with Gasteiger partial charge in [0.1, 0.15) is 0 Å². The topological polar surface area (TPSA) is 70.6 Å². The molecule has 0 atom stereocenters. The van der Waals surface area contributed by atoms with E-state index in [0.717, 1.165) is 25.6 Å². The van der Waals surface area contributed by atoms with Crippen LogP contribution in [0, 0.1) is 6.92 Å². The predicted octanol–water partition coefficient (Wildman–Crippen LogP) is 5.36. The number of rotatable bonds is 6. The summed E-state index contributed by atoms with van der Waals surface area (Å²) in [5, 5.41) is 1.17. The number of nitrogens with zero attached hydrogens (tertiary/aromatic N) is 3. The number of aryl methyl sites for hydroxylation is 1. The van der Waals surface area contributed by atoms with E-state index in [1.807, 2.05) is 49.4 Å². The molecule has 9 heteroatoms. The second-order valence-corrected chi connectivity index (χ2v) is 11.4. The lowest BCUT2D eigenvalue weighted by Gasteiger charge is -2.20. The number of carbonyl (C=O) groups excluding carboxylic acids is 1. The number of aromatic nitrogens is 1. The largest absolute Gasteiger partial charge is 0.279 e. The third kappa shape index (κ3) is 4.79. The zero-order valence-corrected chi connectivity index (χ0v) is 20.7. The first-order valence-corrected chi connectivity index (χ1v) is 12.8. The summed E-state index contributed by atoms with van der Waals surface area (Å²) in [7, 11) is -0.642. The molecule has 4 rings (SSSR count). The monoisotopic (exact) mass is 499 g/mol. The molecule has 0 saturated carbocycles. The highest BCUT2D eigenvalue weighted by Crippen LogP contribution is 2.34. The van der Waals surface area contributed by atoms with E-state index in [1.165, 1.54) is 49.7 Å². The number of amides is 1. The maximum absolute atomic E-state index is 13.6. The van der Waals surface area contributed by atoms with E-state index in [2.05, 4.69) is 0 Å². The summed E-state index contributed by atoms with van der Waals surface area (Å²) in [5.74, 6) is -0.268. The van der Waals surface area contributed by atoms with Gasteiger partial charge in [-0.1, -0.05) is 53.3 Å². The quantitative estimate of drug-likeness (QED) is 0.358. The molecule has 0 radical (unpaired) electrons. The molecular formula is C24H22ClN3O3S2. The molecule has 0 fully saturated rings. The van der Waals surface area contributed by atoms with Crippen LogP contribution in [0.2, 0.25) is 5.02 Å². The fourth-order valence-electron chi connectivity index (χ4n) is 3.39. The Hall–Kier alpha value is -2.78. The van der Waals surface area contributed by atoms with Crippen LogP contribution in [0.4, 0.5) is 5.13 Å². The van der Waals surface area contributed by atoms with Gasteiger partial charge >= 0.3 is 0 Å². The van der Waals surface area contributed by atoms with Crippen molar-refractivity contribution in [1.29, 1.82) is 0 Å². The Morgan fingerprint density at radius 1 is 1.03 bits per heavy atom. The summed E-state index contributed by atoms with van der Waals surface area (Å²) in [4.78, 5) is 20.1. The Morgan fingerprint density at radius 3 is 2.33 bits per heavy atom. The minimum Gasteiger partial charge on any atom is -0.279 e. The number of halogens is 1. The third-order valence-corrected chi connectivity index (χ3v) is 8.25. The molecule has 0 spiro atoms. The molecule has 1 heterocycles. The minimum absolute atomic E-state index is 0.129. The van der Waals surface area contributed by atoms with Gasteiger partial charge in [0.05, 0.1) is 21.7 Å². The van der Waals surface area contributed by atoms with Gasteiger partial charge in [-0.2, -0.15) is 0 Å². The van der Waals surface area contributed by atoms with Gasteiger partial charge in [-0.3, -0.25) is 9.69 Å². The van der Waals surface area contributed by atoms with Crippen LogP contribution in [0.1, 0.15) is 21.5 Å². The number of hydrogen-bond donors (Lipinski definition) is 0. The van der Waals surface area contributed by atoms with Crippen LogP contribution in [0.15, 0.2) is 71.6 Å².